The number of benzene rings is 3. The fourth-order valence-corrected chi connectivity index (χ4v) is 6.92. The fourth-order valence-electron chi connectivity index (χ4n) is 5.52. The Morgan fingerprint density at radius 2 is 1.79 bits per heavy atom. The summed E-state index contributed by atoms with van der Waals surface area (Å²) in [5.74, 6) is 0.0688. The molecular formula is C30H23ClN4O3S. The van der Waals surface area contributed by atoms with Crippen molar-refractivity contribution in [1.82, 2.24) is 9.97 Å². The van der Waals surface area contributed by atoms with E-state index in [9.17, 15) is 14.7 Å². The molecule has 0 aliphatic carbocycles. The number of aromatic amines is 2. The highest BCUT2D eigenvalue weighted by Gasteiger charge is 2.36. The van der Waals surface area contributed by atoms with E-state index in [0.717, 1.165) is 42.3 Å². The maximum absolute atomic E-state index is 13.7. The molecule has 1 aliphatic heterocycles. The number of aromatic hydroxyl groups is 1. The largest absolute Gasteiger partial charge is 0.507 e. The van der Waals surface area contributed by atoms with Gasteiger partial charge in [-0.05, 0) is 49.4 Å². The number of hydrogen-bond acceptors (Lipinski definition) is 4. The second kappa shape index (κ2) is 8.90. The Balaban J connectivity index is 1.18. The van der Waals surface area contributed by atoms with Gasteiger partial charge in [0, 0.05) is 72.4 Å². The molecule has 3 aromatic heterocycles. The quantitative estimate of drug-likeness (QED) is 0.175. The van der Waals surface area contributed by atoms with Crippen LogP contribution < -0.4 is 10.2 Å². The number of carbonyl (C=O) groups is 2. The van der Waals surface area contributed by atoms with E-state index in [1.807, 2.05) is 55.5 Å². The van der Waals surface area contributed by atoms with E-state index in [2.05, 4.69) is 15.3 Å². The van der Waals surface area contributed by atoms with Crippen LogP contribution in [0.5, 0.6) is 5.75 Å². The van der Waals surface area contributed by atoms with Gasteiger partial charge in [0.15, 0.2) is 0 Å². The van der Waals surface area contributed by atoms with Crippen LogP contribution in [0.4, 0.5) is 11.4 Å². The Labute approximate surface area is 232 Å². The molecule has 194 valence electrons. The van der Waals surface area contributed by atoms with Crippen LogP contribution in [0.3, 0.4) is 0 Å². The van der Waals surface area contributed by atoms with Gasteiger partial charge in [-0.25, -0.2) is 0 Å². The maximum Gasteiger partial charge on any atom is 0.274 e. The van der Waals surface area contributed by atoms with Gasteiger partial charge in [0.05, 0.1) is 5.69 Å². The highest BCUT2D eigenvalue weighted by atomic mass is 35.5. The van der Waals surface area contributed by atoms with Gasteiger partial charge >= 0.3 is 0 Å². The molecule has 4 heterocycles. The number of nitrogens with one attached hydrogen (secondary N) is 3. The van der Waals surface area contributed by atoms with Crippen molar-refractivity contribution in [3.8, 4) is 5.75 Å². The SMILES string of the molecule is Cc1cc2c(O)cc3c(c2s1)C(CCl)CN3C(=O)c1cc2cc(NC(=O)c3cc4ccccc4[nH]3)ccc2[nH]1. The van der Waals surface area contributed by atoms with Crippen LogP contribution in [0.1, 0.15) is 37.3 Å². The predicted octanol–water partition coefficient (Wildman–Crippen LogP) is 7.11. The first-order chi connectivity index (χ1) is 18.9. The molecule has 0 fully saturated rings. The van der Waals surface area contributed by atoms with Gasteiger partial charge in [0.1, 0.15) is 17.1 Å². The fraction of sp³-hybridized carbons (Fsp3) is 0.133. The molecule has 7 nitrogen and oxygen atoms in total. The zero-order valence-electron chi connectivity index (χ0n) is 20.8. The summed E-state index contributed by atoms with van der Waals surface area (Å²) >= 11 is 7.96. The van der Waals surface area contributed by atoms with Crippen molar-refractivity contribution in [2.45, 2.75) is 12.8 Å². The van der Waals surface area contributed by atoms with E-state index < -0.39 is 0 Å². The minimum absolute atomic E-state index is 0.0254. The van der Waals surface area contributed by atoms with Gasteiger partial charge in [0.25, 0.3) is 11.8 Å². The van der Waals surface area contributed by atoms with Crippen molar-refractivity contribution in [1.29, 1.82) is 0 Å². The van der Waals surface area contributed by atoms with E-state index in [1.54, 1.807) is 34.4 Å². The molecule has 0 saturated carbocycles. The zero-order valence-corrected chi connectivity index (χ0v) is 22.4. The third-order valence-corrected chi connectivity index (χ3v) is 8.80. The predicted molar refractivity (Wildman–Crippen MR) is 158 cm³/mol. The molecule has 1 unspecified atom stereocenters. The van der Waals surface area contributed by atoms with Crippen LogP contribution in [0.15, 0.2) is 66.7 Å². The van der Waals surface area contributed by atoms with Crippen LogP contribution in [-0.2, 0) is 0 Å². The minimum Gasteiger partial charge on any atom is -0.507 e. The van der Waals surface area contributed by atoms with Crippen molar-refractivity contribution in [3.05, 3.63) is 88.6 Å². The number of alkyl halides is 1. The van der Waals surface area contributed by atoms with Crippen molar-refractivity contribution in [2.75, 3.05) is 22.6 Å². The van der Waals surface area contributed by atoms with Gasteiger partial charge in [0.2, 0.25) is 0 Å². The standard InChI is InChI=1S/C30H23ClN4O3S/c1-15-8-20-26(36)12-25-27(28(20)39-15)18(13-31)14-35(25)30(38)24-11-17-9-19(6-7-22(17)34-24)32-29(37)23-10-16-4-2-3-5-21(16)33-23/h2-12,18,33-34,36H,13-14H2,1H3,(H,32,37). The molecule has 7 rings (SSSR count). The number of hydrogen-bond donors (Lipinski definition) is 4. The number of carbonyl (C=O) groups excluding carboxylic acids is 2. The van der Waals surface area contributed by atoms with Crippen molar-refractivity contribution >= 4 is 78.0 Å². The summed E-state index contributed by atoms with van der Waals surface area (Å²) in [5, 5.41) is 16.2. The number of para-hydroxylation sites is 1. The molecule has 2 amide bonds. The number of phenolic OH excluding ortho intramolecular Hbond substituents is 1. The molecule has 1 atom stereocenters. The maximum atomic E-state index is 13.7. The van der Waals surface area contributed by atoms with Crippen molar-refractivity contribution in [2.24, 2.45) is 0 Å². The summed E-state index contributed by atoms with van der Waals surface area (Å²) in [6.45, 7) is 2.44. The van der Waals surface area contributed by atoms with Gasteiger partial charge in [-0.15, -0.1) is 22.9 Å². The van der Waals surface area contributed by atoms with E-state index >= 15 is 0 Å². The number of halogens is 1. The number of thiophene rings is 1. The Morgan fingerprint density at radius 1 is 1.03 bits per heavy atom. The Morgan fingerprint density at radius 3 is 2.62 bits per heavy atom. The average molecular weight is 555 g/mol. The first-order valence-electron chi connectivity index (χ1n) is 12.6. The smallest absolute Gasteiger partial charge is 0.274 e. The van der Waals surface area contributed by atoms with Crippen molar-refractivity contribution in [3.63, 3.8) is 0 Å². The Bertz CT molecular complexity index is 1920. The molecule has 9 heteroatoms. The number of phenols is 1. The molecule has 3 aromatic carbocycles. The van der Waals surface area contributed by atoms with E-state index in [1.165, 1.54) is 0 Å². The molecule has 6 aromatic rings. The van der Waals surface area contributed by atoms with Crippen molar-refractivity contribution < 1.29 is 14.7 Å². The molecule has 39 heavy (non-hydrogen) atoms. The van der Waals surface area contributed by atoms with Crippen LogP contribution in [-0.4, -0.2) is 39.3 Å². The average Bonchev–Trinajstić information content (AvgIpc) is 3.70. The summed E-state index contributed by atoms with van der Waals surface area (Å²) < 4.78 is 0.982. The summed E-state index contributed by atoms with van der Waals surface area (Å²) in [5.41, 5.74) is 4.91. The first kappa shape index (κ1) is 23.8. The lowest BCUT2D eigenvalue weighted by Gasteiger charge is -2.17. The lowest BCUT2D eigenvalue weighted by atomic mass is 10.0. The second-order valence-electron chi connectivity index (χ2n) is 9.90. The van der Waals surface area contributed by atoms with Crippen LogP contribution in [0.25, 0.3) is 31.9 Å². The number of H-pyrrole nitrogens is 2. The first-order valence-corrected chi connectivity index (χ1v) is 13.9. The number of aromatic nitrogens is 2. The third-order valence-electron chi connectivity index (χ3n) is 7.34. The molecule has 0 saturated heterocycles. The summed E-state index contributed by atoms with van der Waals surface area (Å²) in [7, 11) is 0. The number of rotatable bonds is 4. The summed E-state index contributed by atoms with van der Waals surface area (Å²) in [6, 6.07) is 20.5. The number of nitrogens with zero attached hydrogens (tertiary/aromatic N) is 1. The number of amides is 2. The van der Waals surface area contributed by atoms with E-state index in [-0.39, 0.29) is 23.5 Å². The zero-order chi connectivity index (χ0) is 26.8. The minimum atomic E-state index is -0.242. The third kappa shape index (κ3) is 3.87. The molecule has 0 spiro atoms. The van der Waals surface area contributed by atoms with Crippen LogP contribution >= 0.6 is 22.9 Å². The van der Waals surface area contributed by atoms with E-state index in [0.29, 0.717) is 35.2 Å². The van der Waals surface area contributed by atoms with Crippen LogP contribution in [0.2, 0.25) is 0 Å². The van der Waals surface area contributed by atoms with Gasteiger partial charge < -0.3 is 25.3 Å². The second-order valence-corrected chi connectivity index (χ2v) is 11.5. The highest BCUT2D eigenvalue weighted by Crippen LogP contribution is 2.48. The normalized spacial score (nSPS) is 14.9. The molecule has 4 N–H and O–H groups in total. The molecule has 0 bridgehead atoms. The van der Waals surface area contributed by atoms with Gasteiger partial charge in [-0.1, -0.05) is 18.2 Å². The topological polar surface area (TPSA) is 101 Å². The lowest BCUT2D eigenvalue weighted by molar-refractivity contribution is 0.0983. The lowest BCUT2D eigenvalue weighted by Crippen LogP contribution is -2.30. The molecule has 0 radical (unpaired) electrons. The van der Waals surface area contributed by atoms with Gasteiger partial charge in [-0.3, -0.25) is 9.59 Å². The number of anilines is 2. The number of aryl methyl sites for hydroxylation is 1. The van der Waals surface area contributed by atoms with E-state index in [4.69, 9.17) is 11.6 Å². The molecular weight excluding hydrogens is 532 g/mol. The summed E-state index contributed by atoms with van der Waals surface area (Å²) in [6.07, 6.45) is 0. The number of fused-ring (bicyclic) bond motifs is 5. The Hall–Kier alpha value is -4.27. The highest BCUT2D eigenvalue weighted by molar-refractivity contribution is 7.19. The monoisotopic (exact) mass is 554 g/mol. The summed E-state index contributed by atoms with van der Waals surface area (Å²) in [4.78, 5) is 35.7. The van der Waals surface area contributed by atoms with Crippen LogP contribution in [0, 0.1) is 6.92 Å². The van der Waals surface area contributed by atoms with Gasteiger partial charge in [-0.2, -0.15) is 0 Å². The molecule has 1 aliphatic rings. The Kier molecular flexibility index (Phi) is 5.43.